The minimum Gasteiger partial charge on any atom is -0.497 e. The fourth-order valence-corrected chi connectivity index (χ4v) is 3.16. The number of hydrogen-bond acceptors (Lipinski definition) is 4. The summed E-state index contributed by atoms with van der Waals surface area (Å²) >= 11 is 6.41. The third-order valence-electron chi connectivity index (χ3n) is 4.56. The average Bonchev–Trinajstić information content (AvgIpc) is 2.71. The standard InChI is InChI=1S/C22H23ClN2O3/c1-15-4-6-16(7-5-15)22(26)25(10-11-27-2)14-18-12-17-13-19(28-3)8-9-20(17)24-21(18)23/h4-9,12-13H,10-11,14H2,1-3H3. The number of benzene rings is 2. The lowest BCUT2D eigenvalue weighted by molar-refractivity contribution is 0.0680. The van der Waals surface area contributed by atoms with Gasteiger partial charge in [-0.15, -0.1) is 0 Å². The second kappa shape index (κ2) is 9.04. The molecule has 146 valence electrons. The van der Waals surface area contributed by atoms with Crippen molar-refractivity contribution >= 4 is 28.4 Å². The Morgan fingerprint density at radius 3 is 2.54 bits per heavy atom. The molecule has 1 amide bonds. The SMILES string of the molecule is COCCN(Cc1cc2cc(OC)ccc2nc1Cl)C(=O)c1ccc(C)cc1. The molecule has 0 bridgehead atoms. The number of amides is 1. The first kappa shape index (κ1) is 20.1. The number of fused-ring (bicyclic) bond motifs is 1. The van der Waals surface area contributed by atoms with E-state index in [2.05, 4.69) is 4.98 Å². The van der Waals surface area contributed by atoms with E-state index < -0.39 is 0 Å². The highest BCUT2D eigenvalue weighted by molar-refractivity contribution is 6.30. The molecule has 5 nitrogen and oxygen atoms in total. The van der Waals surface area contributed by atoms with Crippen molar-refractivity contribution in [2.45, 2.75) is 13.5 Å². The van der Waals surface area contributed by atoms with Crippen LogP contribution >= 0.6 is 11.6 Å². The molecule has 0 atom stereocenters. The Morgan fingerprint density at radius 1 is 1.11 bits per heavy atom. The Labute approximate surface area is 169 Å². The zero-order valence-corrected chi connectivity index (χ0v) is 17.0. The minimum atomic E-state index is -0.0705. The van der Waals surface area contributed by atoms with Crippen LogP contribution in [0.5, 0.6) is 5.75 Å². The van der Waals surface area contributed by atoms with Gasteiger partial charge in [0, 0.05) is 36.7 Å². The van der Waals surface area contributed by atoms with E-state index in [1.165, 1.54) is 0 Å². The van der Waals surface area contributed by atoms with Gasteiger partial charge in [-0.1, -0.05) is 29.3 Å². The number of rotatable bonds is 7. The van der Waals surface area contributed by atoms with E-state index in [-0.39, 0.29) is 5.91 Å². The van der Waals surface area contributed by atoms with Gasteiger partial charge in [-0.05, 0) is 43.3 Å². The number of ether oxygens (including phenoxy) is 2. The van der Waals surface area contributed by atoms with Crippen LogP contribution in [0.25, 0.3) is 10.9 Å². The van der Waals surface area contributed by atoms with Gasteiger partial charge in [-0.3, -0.25) is 4.79 Å². The molecule has 0 saturated heterocycles. The molecule has 1 heterocycles. The molecule has 0 aliphatic heterocycles. The predicted octanol–water partition coefficient (Wildman–Crippen LogP) is 4.49. The maximum Gasteiger partial charge on any atom is 0.254 e. The Bertz CT molecular complexity index is 973. The first-order valence-corrected chi connectivity index (χ1v) is 9.37. The molecule has 0 saturated carbocycles. The molecular weight excluding hydrogens is 376 g/mol. The van der Waals surface area contributed by atoms with Crippen LogP contribution in [0.15, 0.2) is 48.5 Å². The molecule has 0 aliphatic carbocycles. The molecule has 0 aliphatic rings. The van der Waals surface area contributed by atoms with Crippen molar-refractivity contribution < 1.29 is 14.3 Å². The van der Waals surface area contributed by atoms with E-state index in [1.54, 1.807) is 19.1 Å². The van der Waals surface area contributed by atoms with Crippen molar-refractivity contribution in [3.05, 3.63) is 70.4 Å². The van der Waals surface area contributed by atoms with Gasteiger partial charge in [-0.2, -0.15) is 0 Å². The molecule has 1 aromatic heterocycles. The normalized spacial score (nSPS) is 10.9. The van der Waals surface area contributed by atoms with Crippen LogP contribution in [0.3, 0.4) is 0 Å². The third-order valence-corrected chi connectivity index (χ3v) is 4.89. The number of aryl methyl sites for hydroxylation is 1. The largest absolute Gasteiger partial charge is 0.497 e. The predicted molar refractivity (Wildman–Crippen MR) is 111 cm³/mol. The fraction of sp³-hybridized carbons (Fsp3) is 0.273. The number of hydrogen-bond donors (Lipinski definition) is 0. The summed E-state index contributed by atoms with van der Waals surface area (Å²) in [7, 11) is 3.24. The van der Waals surface area contributed by atoms with Gasteiger partial charge in [0.1, 0.15) is 10.9 Å². The first-order chi connectivity index (χ1) is 13.5. The van der Waals surface area contributed by atoms with E-state index in [1.807, 2.05) is 55.5 Å². The van der Waals surface area contributed by atoms with E-state index in [4.69, 9.17) is 21.1 Å². The Hall–Kier alpha value is -2.63. The molecule has 3 aromatic rings. The summed E-state index contributed by atoms with van der Waals surface area (Å²) < 4.78 is 10.5. The molecule has 0 radical (unpaired) electrons. The summed E-state index contributed by atoms with van der Waals surface area (Å²) in [6, 6.07) is 15.1. The minimum absolute atomic E-state index is 0.0705. The maximum atomic E-state index is 13.0. The number of pyridine rings is 1. The number of carbonyl (C=O) groups is 1. The summed E-state index contributed by atoms with van der Waals surface area (Å²) in [4.78, 5) is 19.2. The zero-order valence-electron chi connectivity index (χ0n) is 16.2. The number of carbonyl (C=O) groups excluding carboxylic acids is 1. The van der Waals surface area contributed by atoms with Crippen LogP contribution < -0.4 is 4.74 Å². The summed E-state index contributed by atoms with van der Waals surface area (Å²) in [5.41, 5.74) is 3.30. The van der Waals surface area contributed by atoms with Gasteiger partial charge in [-0.25, -0.2) is 4.98 Å². The molecule has 0 spiro atoms. The van der Waals surface area contributed by atoms with Crippen LogP contribution in [0.2, 0.25) is 5.15 Å². The van der Waals surface area contributed by atoms with Gasteiger partial charge in [0.25, 0.3) is 5.91 Å². The number of halogens is 1. The van der Waals surface area contributed by atoms with Crippen molar-refractivity contribution in [1.29, 1.82) is 0 Å². The Balaban J connectivity index is 1.92. The number of aromatic nitrogens is 1. The molecule has 2 aromatic carbocycles. The summed E-state index contributed by atoms with van der Waals surface area (Å²) in [5, 5.41) is 1.30. The van der Waals surface area contributed by atoms with Crippen LogP contribution in [0.1, 0.15) is 21.5 Å². The lowest BCUT2D eigenvalue weighted by atomic mass is 10.1. The average molecular weight is 399 g/mol. The first-order valence-electron chi connectivity index (χ1n) is 9.00. The molecule has 6 heteroatoms. The molecule has 3 rings (SSSR count). The number of nitrogens with zero attached hydrogens (tertiary/aromatic N) is 2. The summed E-state index contributed by atoms with van der Waals surface area (Å²) in [5.74, 6) is 0.674. The van der Waals surface area contributed by atoms with Gasteiger partial charge in [0.15, 0.2) is 0 Å². The van der Waals surface area contributed by atoms with Gasteiger partial charge in [0.2, 0.25) is 0 Å². The molecular formula is C22H23ClN2O3. The maximum absolute atomic E-state index is 13.0. The lowest BCUT2D eigenvalue weighted by Gasteiger charge is -2.23. The summed E-state index contributed by atoms with van der Waals surface area (Å²) in [6.45, 7) is 3.22. The van der Waals surface area contributed by atoms with E-state index >= 15 is 0 Å². The van der Waals surface area contributed by atoms with Crippen LogP contribution in [-0.4, -0.2) is 43.2 Å². The van der Waals surface area contributed by atoms with Crippen LogP contribution in [0, 0.1) is 6.92 Å². The van der Waals surface area contributed by atoms with Gasteiger partial charge in [0.05, 0.1) is 19.2 Å². The zero-order chi connectivity index (χ0) is 20.1. The topological polar surface area (TPSA) is 51.7 Å². The van der Waals surface area contributed by atoms with Crippen molar-refractivity contribution in [2.24, 2.45) is 0 Å². The van der Waals surface area contributed by atoms with Crippen LogP contribution in [0.4, 0.5) is 0 Å². The molecule has 0 fully saturated rings. The highest BCUT2D eigenvalue weighted by Crippen LogP contribution is 2.25. The van der Waals surface area contributed by atoms with Gasteiger partial charge >= 0.3 is 0 Å². The molecule has 28 heavy (non-hydrogen) atoms. The smallest absolute Gasteiger partial charge is 0.254 e. The van der Waals surface area contributed by atoms with E-state index in [9.17, 15) is 4.79 Å². The van der Waals surface area contributed by atoms with Crippen molar-refractivity contribution in [3.8, 4) is 5.75 Å². The van der Waals surface area contributed by atoms with E-state index in [0.717, 1.165) is 27.8 Å². The lowest BCUT2D eigenvalue weighted by Crippen LogP contribution is -2.33. The second-order valence-corrected chi connectivity index (χ2v) is 6.94. The summed E-state index contributed by atoms with van der Waals surface area (Å²) in [6.07, 6.45) is 0. The Morgan fingerprint density at radius 2 is 1.86 bits per heavy atom. The highest BCUT2D eigenvalue weighted by Gasteiger charge is 2.18. The highest BCUT2D eigenvalue weighted by atomic mass is 35.5. The Kier molecular flexibility index (Phi) is 6.49. The van der Waals surface area contributed by atoms with E-state index in [0.29, 0.717) is 30.4 Å². The number of methoxy groups -OCH3 is 2. The fourth-order valence-electron chi connectivity index (χ4n) is 2.95. The van der Waals surface area contributed by atoms with Crippen LogP contribution in [-0.2, 0) is 11.3 Å². The van der Waals surface area contributed by atoms with Crippen molar-refractivity contribution in [2.75, 3.05) is 27.4 Å². The second-order valence-electron chi connectivity index (χ2n) is 6.58. The monoisotopic (exact) mass is 398 g/mol. The van der Waals surface area contributed by atoms with Crippen molar-refractivity contribution in [1.82, 2.24) is 9.88 Å². The van der Waals surface area contributed by atoms with Gasteiger partial charge < -0.3 is 14.4 Å². The molecule has 0 N–H and O–H groups in total. The third kappa shape index (κ3) is 4.61. The van der Waals surface area contributed by atoms with Crippen molar-refractivity contribution in [3.63, 3.8) is 0 Å². The quantitative estimate of drug-likeness (QED) is 0.550. The molecule has 0 unspecified atom stereocenters.